The summed E-state index contributed by atoms with van der Waals surface area (Å²) in [5.41, 5.74) is 3.07. The van der Waals surface area contributed by atoms with Crippen molar-refractivity contribution < 1.29 is 19.0 Å². The molecule has 0 N–H and O–H groups in total. The molecule has 8 nitrogen and oxygen atoms in total. The lowest BCUT2D eigenvalue weighted by Gasteiger charge is -2.23. The van der Waals surface area contributed by atoms with E-state index in [1.807, 2.05) is 61.5 Å². The van der Waals surface area contributed by atoms with Crippen LogP contribution in [-0.4, -0.2) is 41.7 Å². The van der Waals surface area contributed by atoms with Crippen molar-refractivity contribution in [3.8, 4) is 17.4 Å². The molecule has 0 aliphatic heterocycles. The molecule has 0 saturated heterocycles. The summed E-state index contributed by atoms with van der Waals surface area (Å²) >= 11 is 0. The fourth-order valence-electron chi connectivity index (χ4n) is 3.65. The second kappa shape index (κ2) is 10.7. The Hall–Kier alpha value is -4.07. The van der Waals surface area contributed by atoms with E-state index < -0.39 is 0 Å². The number of aldehydes is 1. The van der Waals surface area contributed by atoms with Gasteiger partial charge in [0, 0.05) is 19.2 Å². The summed E-state index contributed by atoms with van der Waals surface area (Å²) < 4.78 is 17.8. The van der Waals surface area contributed by atoms with Gasteiger partial charge in [-0.15, -0.1) is 5.10 Å². The topological polar surface area (TPSA) is 78.2 Å². The smallest absolute Gasteiger partial charge is 0.231 e. The van der Waals surface area contributed by atoms with E-state index in [2.05, 4.69) is 10.00 Å². The lowest BCUT2D eigenvalue weighted by molar-refractivity contribution is 0.111. The normalized spacial score (nSPS) is 10.8. The first-order valence-electron chi connectivity index (χ1n) is 11.1. The predicted molar refractivity (Wildman–Crippen MR) is 130 cm³/mol. The highest BCUT2D eigenvalue weighted by Crippen LogP contribution is 2.26. The average Bonchev–Trinajstić information content (AvgIpc) is 3.25. The van der Waals surface area contributed by atoms with Crippen LogP contribution in [0.4, 0.5) is 5.82 Å². The van der Waals surface area contributed by atoms with E-state index in [1.165, 1.54) is 0 Å². The maximum absolute atomic E-state index is 12.2. The number of hydrogen-bond acceptors (Lipinski definition) is 7. The molecule has 176 valence electrons. The van der Waals surface area contributed by atoms with Crippen molar-refractivity contribution in [1.82, 2.24) is 14.6 Å². The number of rotatable bonds is 11. The first-order chi connectivity index (χ1) is 16.6. The zero-order chi connectivity index (χ0) is 23.9. The predicted octanol–water partition coefficient (Wildman–Crippen LogP) is 4.55. The highest BCUT2D eigenvalue weighted by molar-refractivity contribution is 5.83. The number of imidazole rings is 1. The lowest BCUT2D eigenvalue weighted by atomic mass is 10.1. The second-order valence-electron chi connectivity index (χ2n) is 7.78. The van der Waals surface area contributed by atoms with Gasteiger partial charge in [-0.25, -0.2) is 9.50 Å². The number of hydrogen-bond donors (Lipinski definition) is 0. The molecule has 8 heteroatoms. The number of anilines is 1. The van der Waals surface area contributed by atoms with Crippen molar-refractivity contribution in [2.24, 2.45) is 0 Å². The Kier molecular flexibility index (Phi) is 7.27. The number of carbonyl (C=O) groups excluding carboxylic acids is 1. The van der Waals surface area contributed by atoms with Crippen molar-refractivity contribution in [1.29, 1.82) is 0 Å². The van der Waals surface area contributed by atoms with Crippen LogP contribution in [0.2, 0.25) is 0 Å². The Bertz CT molecular complexity index is 1190. The molecule has 4 rings (SSSR count). The molecular weight excluding hydrogens is 432 g/mol. The van der Waals surface area contributed by atoms with Crippen LogP contribution in [0.3, 0.4) is 0 Å². The zero-order valence-electron chi connectivity index (χ0n) is 19.6. The summed E-state index contributed by atoms with van der Waals surface area (Å²) in [4.78, 5) is 19.0. The van der Waals surface area contributed by atoms with Crippen LogP contribution in [0.5, 0.6) is 17.4 Å². The summed E-state index contributed by atoms with van der Waals surface area (Å²) in [6.07, 6.45) is 1.66. The van der Waals surface area contributed by atoms with E-state index >= 15 is 0 Å². The van der Waals surface area contributed by atoms with Gasteiger partial charge in [-0.05, 0) is 47.9 Å². The van der Waals surface area contributed by atoms with Gasteiger partial charge in [0.2, 0.25) is 5.88 Å². The molecule has 0 spiro atoms. The summed E-state index contributed by atoms with van der Waals surface area (Å²) in [7, 11) is 3.28. The minimum atomic E-state index is 0.374. The molecule has 0 atom stereocenters. The van der Waals surface area contributed by atoms with Crippen LogP contribution < -0.4 is 19.1 Å². The minimum absolute atomic E-state index is 0.374. The van der Waals surface area contributed by atoms with Crippen LogP contribution in [-0.2, 0) is 13.1 Å². The van der Waals surface area contributed by atoms with Crippen molar-refractivity contribution >= 4 is 17.8 Å². The average molecular weight is 461 g/mol. The Labute approximate surface area is 198 Å². The van der Waals surface area contributed by atoms with E-state index in [1.54, 1.807) is 24.8 Å². The maximum atomic E-state index is 12.2. The third-order valence-electron chi connectivity index (χ3n) is 5.40. The first-order valence-corrected chi connectivity index (χ1v) is 11.1. The molecule has 0 radical (unpaired) electrons. The molecule has 0 saturated carbocycles. The third-order valence-corrected chi connectivity index (χ3v) is 5.40. The quantitative estimate of drug-likeness (QED) is 0.304. The molecular formula is C26H28N4O4. The fourth-order valence-corrected chi connectivity index (χ4v) is 3.65. The molecule has 0 aliphatic carbocycles. The molecule has 0 amide bonds. The number of ether oxygens (including phenoxy) is 3. The van der Waals surface area contributed by atoms with Gasteiger partial charge in [-0.1, -0.05) is 31.2 Å². The number of nitrogens with zero attached hydrogens (tertiary/aromatic N) is 4. The lowest BCUT2D eigenvalue weighted by Crippen LogP contribution is -2.24. The minimum Gasteiger partial charge on any atom is -0.497 e. The second-order valence-corrected chi connectivity index (χ2v) is 7.78. The molecule has 2 aromatic carbocycles. The third kappa shape index (κ3) is 5.11. The fraction of sp³-hybridized carbons (Fsp3) is 0.269. The molecule has 0 unspecified atom stereocenters. The monoisotopic (exact) mass is 460 g/mol. The number of methoxy groups -OCH3 is 2. The summed E-state index contributed by atoms with van der Waals surface area (Å²) in [6.45, 7) is 3.67. The van der Waals surface area contributed by atoms with Crippen LogP contribution in [0.15, 0.2) is 60.7 Å². The van der Waals surface area contributed by atoms with E-state index in [9.17, 15) is 4.79 Å². The SMILES string of the molecule is CCCOc1ccc2nc(N(Cc3ccc(OC)cc3)Cc3ccc(OC)cc3)c(C=O)n2n1. The Morgan fingerprint density at radius 3 is 1.97 bits per heavy atom. The number of benzene rings is 2. The van der Waals surface area contributed by atoms with Crippen LogP contribution in [0.1, 0.15) is 35.0 Å². The van der Waals surface area contributed by atoms with Gasteiger partial charge in [0.25, 0.3) is 0 Å². The van der Waals surface area contributed by atoms with Crippen LogP contribution in [0, 0.1) is 0 Å². The maximum Gasteiger partial charge on any atom is 0.231 e. The van der Waals surface area contributed by atoms with Gasteiger partial charge in [-0.2, -0.15) is 0 Å². The van der Waals surface area contributed by atoms with Gasteiger partial charge in [0.05, 0.1) is 20.8 Å². The summed E-state index contributed by atoms with van der Waals surface area (Å²) in [5.74, 6) is 2.59. The van der Waals surface area contributed by atoms with E-state index in [0.29, 0.717) is 42.7 Å². The molecule has 0 aliphatic rings. The van der Waals surface area contributed by atoms with Crippen molar-refractivity contribution in [3.63, 3.8) is 0 Å². The van der Waals surface area contributed by atoms with E-state index in [4.69, 9.17) is 19.2 Å². The zero-order valence-corrected chi connectivity index (χ0v) is 19.6. The van der Waals surface area contributed by atoms with Gasteiger partial charge >= 0.3 is 0 Å². The van der Waals surface area contributed by atoms with Gasteiger partial charge in [0.15, 0.2) is 17.8 Å². The first kappa shape index (κ1) is 23.1. The Morgan fingerprint density at radius 2 is 1.47 bits per heavy atom. The Balaban J connectivity index is 1.73. The van der Waals surface area contributed by atoms with E-state index in [0.717, 1.165) is 35.3 Å². The largest absolute Gasteiger partial charge is 0.497 e. The Morgan fingerprint density at radius 1 is 0.882 bits per heavy atom. The number of carbonyl (C=O) groups is 1. The molecule has 0 fully saturated rings. The number of fused-ring (bicyclic) bond motifs is 1. The molecule has 4 aromatic rings. The number of aromatic nitrogens is 3. The summed E-state index contributed by atoms with van der Waals surface area (Å²) in [6, 6.07) is 19.3. The van der Waals surface area contributed by atoms with Crippen molar-refractivity contribution in [2.45, 2.75) is 26.4 Å². The highest BCUT2D eigenvalue weighted by Gasteiger charge is 2.20. The molecule has 2 heterocycles. The van der Waals surface area contributed by atoms with Crippen molar-refractivity contribution in [2.75, 3.05) is 25.7 Å². The van der Waals surface area contributed by atoms with Crippen LogP contribution >= 0.6 is 0 Å². The van der Waals surface area contributed by atoms with Crippen LogP contribution in [0.25, 0.3) is 5.65 Å². The highest BCUT2D eigenvalue weighted by atomic mass is 16.5. The van der Waals surface area contributed by atoms with Gasteiger partial charge in [0.1, 0.15) is 17.2 Å². The van der Waals surface area contributed by atoms with Crippen molar-refractivity contribution in [3.05, 3.63) is 77.5 Å². The molecule has 34 heavy (non-hydrogen) atoms. The van der Waals surface area contributed by atoms with E-state index in [-0.39, 0.29) is 0 Å². The molecule has 0 bridgehead atoms. The summed E-state index contributed by atoms with van der Waals surface area (Å²) in [5, 5.41) is 4.49. The standard InChI is InChI=1S/C26H28N4O4/c1-4-15-34-25-14-13-24-27-26(23(18-31)30(24)28-25)29(16-19-5-9-21(32-2)10-6-19)17-20-7-11-22(33-3)12-8-20/h5-14,18H,4,15-17H2,1-3H3. The molecule has 2 aromatic heterocycles. The van der Waals surface area contributed by atoms with Gasteiger partial charge < -0.3 is 19.1 Å². The van der Waals surface area contributed by atoms with Gasteiger partial charge in [-0.3, -0.25) is 4.79 Å².